The molecule has 0 bridgehead atoms. The molecule has 4 nitrogen and oxygen atoms in total. The highest BCUT2D eigenvalue weighted by Crippen LogP contribution is 2.15. The molecule has 1 aliphatic rings. The van der Waals surface area contributed by atoms with Crippen molar-refractivity contribution in [1.82, 2.24) is 4.98 Å². The standard InChI is InChI=1S/C10H15N3OS/c11-8-1-4-12-10(7-8)13-9-2-5-15(14)6-3-9/h1,4,7,9H,2-3,5-6H2,(H3,11,12,13). The first-order valence-corrected chi connectivity index (χ1v) is 6.56. The number of nitrogens with zero attached hydrogens (tertiary/aromatic N) is 1. The van der Waals surface area contributed by atoms with Gasteiger partial charge in [0.15, 0.2) is 0 Å². The lowest BCUT2D eigenvalue weighted by Crippen LogP contribution is -2.29. The molecular formula is C10H15N3OS. The van der Waals surface area contributed by atoms with E-state index in [-0.39, 0.29) is 0 Å². The fourth-order valence-corrected chi connectivity index (χ4v) is 2.97. The molecule has 0 aromatic carbocycles. The van der Waals surface area contributed by atoms with Crippen molar-refractivity contribution in [2.24, 2.45) is 0 Å². The van der Waals surface area contributed by atoms with E-state index in [0.717, 1.165) is 30.2 Å². The molecule has 2 heterocycles. The predicted molar refractivity (Wildman–Crippen MR) is 63.2 cm³/mol. The second-order valence-electron chi connectivity index (χ2n) is 3.74. The van der Waals surface area contributed by atoms with Gasteiger partial charge in [0.2, 0.25) is 0 Å². The minimum Gasteiger partial charge on any atom is -0.399 e. The van der Waals surface area contributed by atoms with Crippen LogP contribution in [0.3, 0.4) is 0 Å². The van der Waals surface area contributed by atoms with E-state index < -0.39 is 10.8 Å². The minimum atomic E-state index is -0.608. The molecule has 0 unspecified atom stereocenters. The van der Waals surface area contributed by atoms with Crippen LogP contribution in [0.25, 0.3) is 0 Å². The summed E-state index contributed by atoms with van der Waals surface area (Å²) in [5.41, 5.74) is 6.37. The van der Waals surface area contributed by atoms with Crippen LogP contribution in [0.1, 0.15) is 12.8 Å². The van der Waals surface area contributed by atoms with Crippen molar-refractivity contribution >= 4 is 22.3 Å². The molecule has 2 rings (SSSR count). The minimum absolute atomic E-state index is 0.386. The van der Waals surface area contributed by atoms with Gasteiger partial charge in [0.05, 0.1) is 0 Å². The van der Waals surface area contributed by atoms with E-state index in [1.165, 1.54) is 0 Å². The van der Waals surface area contributed by atoms with Gasteiger partial charge in [-0.3, -0.25) is 4.21 Å². The van der Waals surface area contributed by atoms with Gasteiger partial charge >= 0.3 is 0 Å². The van der Waals surface area contributed by atoms with Crippen LogP contribution < -0.4 is 11.1 Å². The normalized spacial score (nSPS) is 26.1. The van der Waals surface area contributed by atoms with Crippen molar-refractivity contribution in [1.29, 1.82) is 0 Å². The molecule has 0 amide bonds. The monoisotopic (exact) mass is 225 g/mol. The van der Waals surface area contributed by atoms with E-state index in [9.17, 15) is 4.21 Å². The van der Waals surface area contributed by atoms with E-state index in [0.29, 0.717) is 11.7 Å². The molecule has 0 atom stereocenters. The average Bonchev–Trinajstić information content (AvgIpc) is 2.22. The number of pyridine rings is 1. The number of hydrogen-bond donors (Lipinski definition) is 2. The van der Waals surface area contributed by atoms with E-state index in [2.05, 4.69) is 10.3 Å². The summed E-state index contributed by atoms with van der Waals surface area (Å²) < 4.78 is 11.2. The summed E-state index contributed by atoms with van der Waals surface area (Å²) in [6.45, 7) is 0. The van der Waals surface area contributed by atoms with Crippen molar-refractivity contribution in [2.45, 2.75) is 18.9 Å². The van der Waals surface area contributed by atoms with Gasteiger partial charge in [0.1, 0.15) is 5.82 Å². The van der Waals surface area contributed by atoms with Crippen LogP contribution in [0.2, 0.25) is 0 Å². The molecule has 15 heavy (non-hydrogen) atoms. The van der Waals surface area contributed by atoms with Crippen molar-refractivity contribution in [3.63, 3.8) is 0 Å². The van der Waals surface area contributed by atoms with Crippen LogP contribution in [0.5, 0.6) is 0 Å². The Bertz CT molecular complexity index is 359. The van der Waals surface area contributed by atoms with E-state index in [1.54, 1.807) is 12.3 Å². The van der Waals surface area contributed by atoms with E-state index in [4.69, 9.17) is 5.73 Å². The summed E-state index contributed by atoms with van der Waals surface area (Å²) in [6, 6.07) is 3.98. The highest BCUT2D eigenvalue weighted by atomic mass is 32.2. The first-order chi connectivity index (χ1) is 7.24. The summed E-state index contributed by atoms with van der Waals surface area (Å²) in [4.78, 5) is 4.19. The zero-order valence-electron chi connectivity index (χ0n) is 8.48. The van der Waals surface area contributed by atoms with Gasteiger partial charge in [-0.2, -0.15) is 0 Å². The Morgan fingerprint density at radius 2 is 2.20 bits per heavy atom. The molecule has 5 heteroatoms. The first-order valence-electron chi connectivity index (χ1n) is 5.07. The van der Waals surface area contributed by atoms with E-state index in [1.807, 2.05) is 6.07 Å². The maximum atomic E-state index is 11.2. The first kappa shape index (κ1) is 10.4. The third kappa shape index (κ3) is 2.92. The summed E-state index contributed by atoms with van der Waals surface area (Å²) in [5.74, 6) is 2.40. The molecule has 0 aliphatic carbocycles. The number of nitrogens with one attached hydrogen (secondary N) is 1. The maximum Gasteiger partial charge on any atom is 0.128 e. The number of anilines is 2. The van der Waals surface area contributed by atoms with Gasteiger partial charge in [-0.15, -0.1) is 0 Å². The quantitative estimate of drug-likeness (QED) is 0.787. The fraction of sp³-hybridized carbons (Fsp3) is 0.500. The van der Waals surface area contributed by atoms with Crippen LogP contribution >= 0.6 is 0 Å². The average molecular weight is 225 g/mol. The van der Waals surface area contributed by atoms with Gasteiger partial charge in [-0.1, -0.05) is 0 Å². The zero-order valence-corrected chi connectivity index (χ0v) is 9.30. The van der Waals surface area contributed by atoms with Crippen LogP contribution in [0.4, 0.5) is 11.5 Å². The number of nitrogens with two attached hydrogens (primary N) is 1. The second-order valence-corrected chi connectivity index (χ2v) is 5.44. The molecular weight excluding hydrogens is 210 g/mol. The lowest BCUT2D eigenvalue weighted by Gasteiger charge is -2.22. The fourth-order valence-electron chi connectivity index (χ4n) is 1.67. The molecule has 1 aromatic heterocycles. The molecule has 82 valence electrons. The highest BCUT2D eigenvalue weighted by Gasteiger charge is 2.17. The molecule has 3 N–H and O–H groups in total. The summed E-state index contributed by atoms with van der Waals surface area (Å²) >= 11 is 0. The van der Waals surface area contributed by atoms with Crippen LogP contribution in [0.15, 0.2) is 18.3 Å². The number of rotatable bonds is 2. The van der Waals surface area contributed by atoms with Gasteiger partial charge in [0.25, 0.3) is 0 Å². The van der Waals surface area contributed by atoms with Crippen molar-refractivity contribution in [2.75, 3.05) is 22.6 Å². The van der Waals surface area contributed by atoms with Crippen LogP contribution in [0, 0.1) is 0 Å². The highest BCUT2D eigenvalue weighted by molar-refractivity contribution is 7.85. The number of hydrogen-bond acceptors (Lipinski definition) is 4. The zero-order chi connectivity index (χ0) is 10.7. The van der Waals surface area contributed by atoms with Gasteiger partial charge < -0.3 is 11.1 Å². The predicted octanol–water partition coefficient (Wildman–Crippen LogP) is 0.987. The van der Waals surface area contributed by atoms with Gasteiger partial charge in [0, 0.05) is 46.3 Å². The largest absolute Gasteiger partial charge is 0.399 e. The van der Waals surface area contributed by atoms with Crippen molar-refractivity contribution in [3.05, 3.63) is 18.3 Å². The Morgan fingerprint density at radius 1 is 1.47 bits per heavy atom. The second kappa shape index (κ2) is 4.61. The SMILES string of the molecule is Nc1ccnc(NC2CCS(=O)CC2)c1. The van der Waals surface area contributed by atoms with Crippen molar-refractivity contribution < 1.29 is 4.21 Å². The Morgan fingerprint density at radius 3 is 2.87 bits per heavy atom. The third-order valence-electron chi connectivity index (χ3n) is 2.52. The van der Waals surface area contributed by atoms with E-state index >= 15 is 0 Å². The lowest BCUT2D eigenvalue weighted by atomic mass is 10.1. The third-order valence-corrected chi connectivity index (χ3v) is 3.91. The number of nitrogen functional groups attached to an aromatic ring is 1. The topological polar surface area (TPSA) is 68.0 Å². The molecule has 1 aromatic rings. The smallest absolute Gasteiger partial charge is 0.128 e. The Labute approximate surface area is 91.7 Å². The van der Waals surface area contributed by atoms with Crippen LogP contribution in [-0.4, -0.2) is 26.7 Å². The summed E-state index contributed by atoms with van der Waals surface area (Å²) in [5, 5.41) is 3.32. The van der Waals surface area contributed by atoms with Gasteiger partial charge in [-0.05, 0) is 18.9 Å². The van der Waals surface area contributed by atoms with Crippen molar-refractivity contribution in [3.8, 4) is 0 Å². The summed E-state index contributed by atoms with van der Waals surface area (Å²) in [7, 11) is -0.608. The lowest BCUT2D eigenvalue weighted by molar-refractivity contribution is 0.622. The molecule has 0 spiro atoms. The Kier molecular flexibility index (Phi) is 3.20. The number of aromatic nitrogens is 1. The Balaban J connectivity index is 1.94. The molecule has 1 fully saturated rings. The van der Waals surface area contributed by atoms with Crippen LogP contribution in [-0.2, 0) is 10.8 Å². The molecule has 1 aliphatic heterocycles. The molecule has 0 radical (unpaired) electrons. The molecule has 1 saturated heterocycles. The van der Waals surface area contributed by atoms with Gasteiger partial charge in [-0.25, -0.2) is 4.98 Å². The Hall–Kier alpha value is -1.10. The molecule has 0 saturated carbocycles. The summed E-state index contributed by atoms with van der Waals surface area (Å²) in [6.07, 6.45) is 3.59. The maximum absolute atomic E-state index is 11.2.